The fourth-order valence-electron chi connectivity index (χ4n) is 3.17. The molecule has 118 valence electrons. The molecule has 1 N–H and O–H groups in total. The topological polar surface area (TPSA) is 21.3 Å². The van der Waals surface area contributed by atoms with E-state index in [-0.39, 0.29) is 0 Å². The Morgan fingerprint density at radius 3 is 2.33 bits per heavy atom. The molecule has 21 heavy (non-hydrogen) atoms. The van der Waals surface area contributed by atoms with Gasteiger partial charge in [-0.3, -0.25) is 0 Å². The van der Waals surface area contributed by atoms with Crippen molar-refractivity contribution in [2.45, 2.75) is 64.5 Å². The Morgan fingerprint density at radius 1 is 1.10 bits per heavy atom. The molecule has 0 radical (unpaired) electrons. The molecule has 1 aromatic carbocycles. The standard InChI is InChI=1S/C19H31NO/c1-15(2)13-16-9-11-17(12-10-16)19(20-3)14-21-18-7-5-4-6-8-18/h9-12,15,18-20H,4-8,13-14H2,1-3H3. The van der Waals surface area contributed by atoms with Crippen molar-refractivity contribution in [1.29, 1.82) is 0 Å². The molecule has 1 saturated carbocycles. The van der Waals surface area contributed by atoms with Crippen molar-refractivity contribution < 1.29 is 4.74 Å². The maximum absolute atomic E-state index is 6.12. The first-order valence-corrected chi connectivity index (χ1v) is 8.56. The van der Waals surface area contributed by atoms with Crippen molar-refractivity contribution in [3.8, 4) is 0 Å². The first kappa shape index (κ1) is 16.5. The van der Waals surface area contributed by atoms with E-state index in [1.807, 2.05) is 7.05 Å². The second-order valence-corrected chi connectivity index (χ2v) is 6.77. The van der Waals surface area contributed by atoms with E-state index in [4.69, 9.17) is 4.74 Å². The smallest absolute Gasteiger partial charge is 0.0665 e. The molecule has 2 rings (SSSR count). The van der Waals surface area contributed by atoms with Gasteiger partial charge < -0.3 is 10.1 Å². The lowest BCUT2D eigenvalue weighted by Gasteiger charge is -2.25. The Kier molecular flexibility index (Phi) is 6.72. The molecule has 1 fully saturated rings. The summed E-state index contributed by atoms with van der Waals surface area (Å²) in [7, 11) is 2.02. The highest BCUT2D eigenvalue weighted by Crippen LogP contribution is 2.22. The molecule has 1 aliphatic rings. The van der Waals surface area contributed by atoms with Crippen LogP contribution in [0.1, 0.15) is 63.1 Å². The zero-order valence-corrected chi connectivity index (χ0v) is 13.9. The molecule has 1 aromatic rings. The minimum absolute atomic E-state index is 0.306. The highest BCUT2D eigenvalue weighted by Gasteiger charge is 2.16. The predicted octanol–water partition coefficient (Wildman–Crippen LogP) is 4.49. The molecule has 0 spiro atoms. The van der Waals surface area contributed by atoms with Crippen LogP contribution in [-0.2, 0) is 11.2 Å². The Balaban J connectivity index is 1.87. The van der Waals surface area contributed by atoms with Crippen molar-refractivity contribution in [1.82, 2.24) is 5.32 Å². The van der Waals surface area contributed by atoms with Gasteiger partial charge in [-0.05, 0) is 43.4 Å². The second-order valence-electron chi connectivity index (χ2n) is 6.77. The summed E-state index contributed by atoms with van der Waals surface area (Å²) in [4.78, 5) is 0. The van der Waals surface area contributed by atoms with Gasteiger partial charge >= 0.3 is 0 Å². The maximum Gasteiger partial charge on any atom is 0.0665 e. The molecular weight excluding hydrogens is 258 g/mol. The summed E-state index contributed by atoms with van der Waals surface area (Å²) in [6, 6.07) is 9.34. The lowest BCUT2D eigenvalue weighted by molar-refractivity contribution is 0.0166. The Labute approximate surface area is 130 Å². The van der Waals surface area contributed by atoms with E-state index in [9.17, 15) is 0 Å². The average molecular weight is 289 g/mol. The van der Waals surface area contributed by atoms with Crippen LogP contribution in [0, 0.1) is 5.92 Å². The number of hydrogen-bond donors (Lipinski definition) is 1. The van der Waals surface area contributed by atoms with Crippen LogP contribution in [0.15, 0.2) is 24.3 Å². The van der Waals surface area contributed by atoms with Gasteiger partial charge in [0, 0.05) is 0 Å². The number of likely N-dealkylation sites (N-methyl/N-ethyl adjacent to an activating group) is 1. The van der Waals surface area contributed by atoms with Gasteiger partial charge in [0.25, 0.3) is 0 Å². The summed E-state index contributed by atoms with van der Waals surface area (Å²) < 4.78 is 6.12. The Hall–Kier alpha value is -0.860. The fraction of sp³-hybridized carbons (Fsp3) is 0.684. The summed E-state index contributed by atoms with van der Waals surface area (Å²) >= 11 is 0. The van der Waals surface area contributed by atoms with Gasteiger partial charge in [0.05, 0.1) is 18.8 Å². The minimum atomic E-state index is 0.306. The molecule has 2 heteroatoms. The monoisotopic (exact) mass is 289 g/mol. The number of nitrogens with one attached hydrogen (secondary N) is 1. The van der Waals surface area contributed by atoms with E-state index in [1.165, 1.54) is 43.2 Å². The average Bonchev–Trinajstić information content (AvgIpc) is 2.50. The fourth-order valence-corrected chi connectivity index (χ4v) is 3.17. The number of hydrogen-bond acceptors (Lipinski definition) is 2. The zero-order chi connectivity index (χ0) is 15.1. The molecule has 1 atom stereocenters. The number of benzene rings is 1. The largest absolute Gasteiger partial charge is 0.376 e. The molecule has 0 aliphatic heterocycles. The van der Waals surface area contributed by atoms with E-state index >= 15 is 0 Å². The van der Waals surface area contributed by atoms with E-state index in [2.05, 4.69) is 43.4 Å². The second kappa shape index (κ2) is 8.55. The van der Waals surface area contributed by atoms with E-state index < -0.39 is 0 Å². The Morgan fingerprint density at radius 2 is 1.76 bits per heavy atom. The van der Waals surface area contributed by atoms with Crippen molar-refractivity contribution in [3.05, 3.63) is 35.4 Å². The summed E-state index contributed by atoms with van der Waals surface area (Å²) in [5.74, 6) is 0.714. The highest BCUT2D eigenvalue weighted by molar-refractivity contribution is 5.25. The molecule has 1 unspecified atom stereocenters. The lowest BCUT2D eigenvalue weighted by atomic mass is 9.97. The van der Waals surface area contributed by atoms with Gasteiger partial charge in [0.15, 0.2) is 0 Å². The van der Waals surface area contributed by atoms with Gasteiger partial charge in [-0.15, -0.1) is 0 Å². The SMILES string of the molecule is CNC(COC1CCCCC1)c1ccc(CC(C)C)cc1. The molecule has 1 aliphatic carbocycles. The first-order chi connectivity index (χ1) is 10.2. The molecule has 2 nitrogen and oxygen atoms in total. The third kappa shape index (κ3) is 5.44. The normalized spacial score (nSPS) is 18.1. The van der Waals surface area contributed by atoms with Crippen LogP contribution in [-0.4, -0.2) is 19.8 Å². The van der Waals surface area contributed by atoms with Gasteiger partial charge in [0.1, 0.15) is 0 Å². The first-order valence-electron chi connectivity index (χ1n) is 8.56. The van der Waals surface area contributed by atoms with Crippen molar-refractivity contribution in [3.63, 3.8) is 0 Å². The van der Waals surface area contributed by atoms with Crippen LogP contribution in [0.3, 0.4) is 0 Å². The lowest BCUT2D eigenvalue weighted by Crippen LogP contribution is -2.26. The van der Waals surface area contributed by atoms with Crippen LogP contribution in [0.25, 0.3) is 0 Å². The van der Waals surface area contributed by atoms with E-state index in [0.717, 1.165) is 13.0 Å². The van der Waals surface area contributed by atoms with Crippen molar-refractivity contribution in [2.75, 3.05) is 13.7 Å². The molecule has 0 aromatic heterocycles. The van der Waals surface area contributed by atoms with Crippen LogP contribution in [0.4, 0.5) is 0 Å². The van der Waals surface area contributed by atoms with Crippen LogP contribution >= 0.6 is 0 Å². The molecule has 0 bridgehead atoms. The van der Waals surface area contributed by atoms with Gasteiger partial charge in [-0.1, -0.05) is 57.4 Å². The summed E-state index contributed by atoms with van der Waals surface area (Å²) in [6.07, 6.45) is 8.16. The predicted molar refractivity (Wildman–Crippen MR) is 89.6 cm³/mol. The van der Waals surface area contributed by atoms with Crippen LogP contribution in [0.5, 0.6) is 0 Å². The molecule has 0 saturated heterocycles. The van der Waals surface area contributed by atoms with Crippen molar-refractivity contribution in [2.24, 2.45) is 5.92 Å². The third-order valence-electron chi connectivity index (χ3n) is 4.43. The minimum Gasteiger partial charge on any atom is -0.376 e. The van der Waals surface area contributed by atoms with Crippen LogP contribution < -0.4 is 5.32 Å². The number of ether oxygens (including phenoxy) is 1. The Bertz CT molecular complexity index is 393. The van der Waals surface area contributed by atoms with E-state index in [0.29, 0.717) is 18.1 Å². The van der Waals surface area contributed by atoms with Crippen LogP contribution in [0.2, 0.25) is 0 Å². The molecule has 0 heterocycles. The summed E-state index contributed by atoms with van der Waals surface area (Å²) in [5.41, 5.74) is 2.76. The van der Waals surface area contributed by atoms with E-state index in [1.54, 1.807) is 0 Å². The van der Waals surface area contributed by atoms with Crippen molar-refractivity contribution >= 4 is 0 Å². The van der Waals surface area contributed by atoms with Gasteiger partial charge in [0.2, 0.25) is 0 Å². The third-order valence-corrected chi connectivity index (χ3v) is 4.43. The zero-order valence-electron chi connectivity index (χ0n) is 13.9. The summed E-state index contributed by atoms with van der Waals surface area (Å²) in [5, 5.41) is 3.39. The highest BCUT2D eigenvalue weighted by atomic mass is 16.5. The molecule has 0 amide bonds. The number of rotatable bonds is 7. The van der Waals surface area contributed by atoms with Gasteiger partial charge in [-0.25, -0.2) is 0 Å². The maximum atomic E-state index is 6.12. The summed E-state index contributed by atoms with van der Waals surface area (Å²) in [6.45, 7) is 5.31. The molecular formula is C19H31NO. The quantitative estimate of drug-likeness (QED) is 0.798. The van der Waals surface area contributed by atoms with Gasteiger partial charge in [-0.2, -0.15) is 0 Å².